The highest BCUT2D eigenvalue weighted by Gasteiger charge is 2.40. The number of epoxide rings is 1. The Hall–Kier alpha value is -0.570. The molecule has 0 bridgehead atoms. The van der Waals surface area contributed by atoms with Gasteiger partial charge in [-0.1, -0.05) is 26.2 Å². The second-order valence-electron chi connectivity index (χ2n) is 4.90. The van der Waals surface area contributed by atoms with Gasteiger partial charge < -0.3 is 9.47 Å². The number of carbonyl (C=O) groups excluding carboxylic acids is 1. The summed E-state index contributed by atoms with van der Waals surface area (Å²) in [4.78, 5) is 11.9. The van der Waals surface area contributed by atoms with Crippen LogP contribution in [-0.2, 0) is 14.3 Å². The number of hydrogen-bond acceptors (Lipinski definition) is 3. The normalized spacial score (nSPS) is 22.6. The van der Waals surface area contributed by atoms with Crippen LogP contribution in [0.15, 0.2) is 0 Å². The SMILES string of the molecule is CCCCCC(C)(CC1CO1)C(=O)OCC. The zero-order chi connectivity index (χ0) is 12.0. The fourth-order valence-electron chi connectivity index (χ4n) is 2.05. The van der Waals surface area contributed by atoms with E-state index >= 15 is 0 Å². The quantitative estimate of drug-likeness (QED) is 0.364. The van der Waals surface area contributed by atoms with E-state index in [-0.39, 0.29) is 17.5 Å². The Kier molecular flexibility index (Phi) is 5.26. The van der Waals surface area contributed by atoms with Gasteiger partial charge in [-0.15, -0.1) is 0 Å². The molecule has 0 amide bonds. The largest absolute Gasteiger partial charge is 0.466 e. The Bertz CT molecular complexity index is 223. The van der Waals surface area contributed by atoms with Crippen molar-refractivity contribution in [1.29, 1.82) is 0 Å². The van der Waals surface area contributed by atoms with Crippen LogP contribution in [0.25, 0.3) is 0 Å². The Morgan fingerprint density at radius 1 is 1.44 bits per heavy atom. The van der Waals surface area contributed by atoms with Gasteiger partial charge in [0.2, 0.25) is 0 Å². The molecular weight excluding hydrogens is 204 g/mol. The Morgan fingerprint density at radius 3 is 2.62 bits per heavy atom. The molecule has 0 aromatic rings. The summed E-state index contributed by atoms with van der Waals surface area (Å²) in [7, 11) is 0. The fourth-order valence-corrected chi connectivity index (χ4v) is 2.05. The van der Waals surface area contributed by atoms with Crippen LogP contribution in [0.2, 0.25) is 0 Å². The van der Waals surface area contributed by atoms with Crippen LogP contribution in [0.1, 0.15) is 52.9 Å². The van der Waals surface area contributed by atoms with E-state index < -0.39 is 0 Å². The van der Waals surface area contributed by atoms with E-state index in [4.69, 9.17) is 9.47 Å². The van der Waals surface area contributed by atoms with Crippen molar-refractivity contribution in [3.8, 4) is 0 Å². The lowest BCUT2D eigenvalue weighted by atomic mass is 9.80. The molecule has 1 rings (SSSR count). The Balaban J connectivity index is 2.47. The molecule has 0 radical (unpaired) electrons. The van der Waals surface area contributed by atoms with Gasteiger partial charge in [0.15, 0.2) is 0 Å². The smallest absolute Gasteiger partial charge is 0.311 e. The molecule has 3 nitrogen and oxygen atoms in total. The molecule has 1 aliphatic heterocycles. The summed E-state index contributed by atoms with van der Waals surface area (Å²) in [5, 5.41) is 0. The van der Waals surface area contributed by atoms with Crippen LogP contribution in [0.3, 0.4) is 0 Å². The number of unbranched alkanes of at least 4 members (excludes halogenated alkanes) is 2. The van der Waals surface area contributed by atoms with Crippen LogP contribution in [0.5, 0.6) is 0 Å². The molecule has 16 heavy (non-hydrogen) atoms. The van der Waals surface area contributed by atoms with E-state index in [1.54, 1.807) is 0 Å². The molecule has 0 aliphatic carbocycles. The van der Waals surface area contributed by atoms with E-state index in [2.05, 4.69) is 6.92 Å². The van der Waals surface area contributed by atoms with Gasteiger partial charge in [0, 0.05) is 0 Å². The van der Waals surface area contributed by atoms with Crippen LogP contribution in [0.4, 0.5) is 0 Å². The standard InChI is InChI=1S/C13H24O3/c1-4-6-7-8-13(3,9-11-10-16-11)12(14)15-5-2/h11H,4-10H2,1-3H3. The van der Waals surface area contributed by atoms with Crippen molar-refractivity contribution >= 4 is 5.97 Å². The minimum atomic E-state index is -0.341. The maximum Gasteiger partial charge on any atom is 0.311 e. The highest BCUT2D eigenvalue weighted by Crippen LogP contribution is 2.35. The maximum absolute atomic E-state index is 11.9. The van der Waals surface area contributed by atoms with Crippen LogP contribution in [0, 0.1) is 5.41 Å². The summed E-state index contributed by atoms with van der Waals surface area (Å²) < 4.78 is 10.4. The lowest BCUT2D eigenvalue weighted by molar-refractivity contribution is -0.155. The predicted octanol–water partition coefficient (Wildman–Crippen LogP) is 2.93. The maximum atomic E-state index is 11.9. The van der Waals surface area contributed by atoms with Crippen molar-refractivity contribution in [3.05, 3.63) is 0 Å². The van der Waals surface area contributed by atoms with Crippen LogP contribution >= 0.6 is 0 Å². The second kappa shape index (κ2) is 6.24. The Labute approximate surface area is 98.5 Å². The van der Waals surface area contributed by atoms with Crippen molar-refractivity contribution in [2.45, 2.75) is 59.0 Å². The monoisotopic (exact) mass is 228 g/mol. The predicted molar refractivity (Wildman–Crippen MR) is 63.2 cm³/mol. The first-order valence-corrected chi connectivity index (χ1v) is 6.41. The first-order chi connectivity index (χ1) is 7.62. The van der Waals surface area contributed by atoms with Gasteiger partial charge in [-0.2, -0.15) is 0 Å². The van der Waals surface area contributed by atoms with Gasteiger partial charge in [0.1, 0.15) is 0 Å². The van der Waals surface area contributed by atoms with Crippen molar-refractivity contribution in [2.75, 3.05) is 13.2 Å². The summed E-state index contributed by atoms with van der Waals surface area (Å²) in [6, 6.07) is 0. The first-order valence-electron chi connectivity index (χ1n) is 6.41. The number of carbonyl (C=O) groups is 1. The second-order valence-corrected chi connectivity index (χ2v) is 4.90. The zero-order valence-electron chi connectivity index (χ0n) is 10.8. The molecule has 2 unspecified atom stereocenters. The first kappa shape index (κ1) is 13.5. The molecule has 1 saturated heterocycles. The number of ether oxygens (including phenoxy) is 2. The molecule has 1 fully saturated rings. The molecule has 0 aromatic heterocycles. The van der Waals surface area contributed by atoms with E-state index in [0.29, 0.717) is 6.61 Å². The van der Waals surface area contributed by atoms with Crippen molar-refractivity contribution < 1.29 is 14.3 Å². The van der Waals surface area contributed by atoms with Gasteiger partial charge >= 0.3 is 5.97 Å². The highest BCUT2D eigenvalue weighted by atomic mass is 16.6. The van der Waals surface area contributed by atoms with E-state index in [1.165, 1.54) is 12.8 Å². The Morgan fingerprint density at radius 2 is 2.12 bits per heavy atom. The molecule has 2 atom stereocenters. The third kappa shape index (κ3) is 4.12. The minimum absolute atomic E-state index is 0.0541. The van der Waals surface area contributed by atoms with Gasteiger partial charge in [0.05, 0.1) is 24.7 Å². The summed E-state index contributed by atoms with van der Waals surface area (Å²) in [6.45, 7) is 7.32. The van der Waals surface area contributed by atoms with Gasteiger partial charge in [-0.3, -0.25) is 4.79 Å². The van der Waals surface area contributed by atoms with Crippen LogP contribution in [-0.4, -0.2) is 25.3 Å². The van der Waals surface area contributed by atoms with Crippen molar-refractivity contribution in [1.82, 2.24) is 0 Å². The van der Waals surface area contributed by atoms with E-state index in [0.717, 1.165) is 25.9 Å². The summed E-state index contributed by atoms with van der Waals surface area (Å²) >= 11 is 0. The lowest BCUT2D eigenvalue weighted by Crippen LogP contribution is -2.31. The molecule has 1 heterocycles. The summed E-state index contributed by atoms with van der Waals surface area (Å²) in [6.07, 6.45) is 5.48. The summed E-state index contributed by atoms with van der Waals surface area (Å²) in [5.41, 5.74) is -0.341. The average molecular weight is 228 g/mol. The lowest BCUT2D eigenvalue weighted by Gasteiger charge is -2.26. The van der Waals surface area contributed by atoms with Gasteiger partial charge in [0.25, 0.3) is 0 Å². The molecule has 3 heteroatoms. The van der Waals surface area contributed by atoms with Crippen LogP contribution < -0.4 is 0 Å². The molecular formula is C13H24O3. The molecule has 0 N–H and O–H groups in total. The molecule has 94 valence electrons. The van der Waals surface area contributed by atoms with E-state index in [1.807, 2.05) is 13.8 Å². The highest BCUT2D eigenvalue weighted by molar-refractivity contribution is 5.76. The molecule has 1 aliphatic rings. The fraction of sp³-hybridized carbons (Fsp3) is 0.923. The third-order valence-electron chi connectivity index (χ3n) is 3.18. The molecule has 0 spiro atoms. The number of rotatable bonds is 8. The number of hydrogen-bond donors (Lipinski definition) is 0. The van der Waals surface area contributed by atoms with Crippen molar-refractivity contribution in [2.24, 2.45) is 5.41 Å². The number of esters is 1. The topological polar surface area (TPSA) is 38.8 Å². The van der Waals surface area contributed by atoms with Gasteiger partial charge in [-0.25, -0.2) is 0 Å². The van der Waals surface area contributed by atoms with Gasteiger partial charge in [-0.05, 0) is 26.7 Å². The molecule has 0 saturated carbocycles. The molecule has 0 aromatic carbocycles. The minimum Gasteiger partial charge on any atom is -0.466 e. The van der Waals surface area contributed by atoms with E-state index in [9.17, 15) is 4.79 Å². The average Bonchev–Trinajstić information content (AvgIpc) is 3.02. The zero-order valence-corrected chi connectivity index (χ0v) is 10.8. The third-order valence-corrected chi connectivity index (χ3v) is 3.18. The van der Waals surface area contributed by atoms with Crippen molar-refractivity contribution in [3.63, 3.8) is 0 Å². The summed E-state index contributed by atoms with van der Waals surface area (Å²) in [5.74, 6) is -0.0541.